The van der Waals surface area contributed by atoms with Gasteiger partial charge in [0, 0.05) is 12.6 Å². The van der Waals surface area contributed by atoms with Crippen molar-refractivity contribution in [1.29, 1.82) is 0 Å². The Morgan fingerprint density at radius 1 is 1.35 bits per heavy atom. The Balaban J connectivity index is 2.35. The van der Waals surface area contributed by atoms with Gasteiger partial charge in [-0.3, -0.25) is 0 Å². The summed E-state index contributed by atoms with van der Waals surface area (Å²) in [6, 6.07) is 3.05. The Morgan fingerprint density at radius 2 is 2.06 bits per heavy atom. The Hall–Kier alpha value is -1.25. The summed E-state index contributed by atoms with van der Waals surface area (Å²) in [5.41, 5.74) is 2.20. The largest absolute Gasteiger partial charge is 0.494 e. The predicted octanol–water partition coefficient (Wildman–Crippen LogP) is 3.46. The molecule has 1 N–H and O–H groups in total. The van der Waals surface area contributed by atoms with E-state index in [1.54, 1.807) is 13.2 Å². The lowest BCUT2D eigenvalue weighted by molar-refractivity contribution is 0.246. The van der Waals surface area contributed by atoms with E-state index in [4.69, 9.17) is 4.74 Å². The van der Waals surface area contributed by atoms with E-state index in [2.05, 4.69) is 26.1 Å². The van der Waals surface area contributed by atoms with Gasteiger partial charge in [-0.05, 0) is 29.4 Å². The SMILES string of the molecule is COc1cc(F)cc2c1NCC(C(C)(C)C)C2. The second-order valence-corrected chi connectivity index (χ2v) is 5.79. The second-order valence-electron chi connectivity index (χ2n) is 5.79. The molecule has 0 fully saturated rings. The summed E-state index contributed by atoms with van der Waals surface area (Å²) in [4.78, 5) is 0. The highest BCUT2D eigenvalue weighted by Gasteiger charge is 2.30. The van der Waals surface area contributed by atoms with Gasteiger partial charge in [0.2, 0.25) is 0 Å². The highest BCUT2D eigenvalue weighted by molar-refractivity contribution is 5.63. The van der Waals surface area contributed by atoms with E-state index in [-0.39, 0.29) is 11.2 Å². The summed E-state index contributed by atoms with van der Waals surface area (Å²) in [5.74, 6) is 0.894. The minimum atomic E-state index is -0.225. The van der Waals surface area contributed by atoms with Crippen LogP contribution in [0.2, 0.25) is 0 Å². The normalized spacial score (nSPS) is 19.5. The minimum Gasteiger partial charge on any atom is -0.494 e. The van der Waals surface area contributed by atoms with Gasteiger partial charge < -0.3 is 10.1 Å². The minimum absolute atomic E-state index is 0.225. The zero-order valence-corrected chi connectivity index (χ0v) is 10.9. The molecule has 2 rings (SSSR count). The van der Waals surface area contributed by atoms with Crippen molar-refractivity contribution in [3.63, 3.8) is 0 Å². The molecule has 17 heavy (non-hydrogen) atoms. The fraction of sp³-hybridized carbons (Fsp3) is 0.571. The van der Waals surface area contributed by atoms with Crippen LogP contribution in [0, 0.1) is 17.2 Å². The number of benzene rings is 1. The van der Waals surface area contributed by atoms with Gasteiger partial charge in [-0.15, -0.1) is 0 Å². The Kier molecular flexibility index (Phi) is 3.02. The summed E-state index contributed by atoms with van der Waals surface area (Å²) in [7, 11) is 1.58. The standard InChI is InChI=1S/C14H20FNO/c1-14(2,3)10-5-9-6-11(15)7-12(17-4)13(9)16-8-10/h6-7,10,16H,5,8H2,1-4H3. The number of anilines is 1. The molecule has 2 nitrogen and oxygen atoms in total. The fourth-order valence-electron chi connectivity index (χ4n) is 2.33. The van der Waals surface area contributed by atoms with Crippen molar-refractivity contribution < 1.29 is 9.13 Å². The second kappa shape index (κ2) is 4.21. The highest BCUT2D eigenvalue weighted by atomic mass is 19.1. The highest BCUT2D eigenvalue weighted by Crippen LogP contribution is 2.39. The number of ether oxygens (including phenoxy) is 1. The van der Waals surface area contributed by atoms with Crippen LogP contribution in [0.1, 0.15) is 26.3 Å². The Morgan fingerprint density at radius 3 is 2.65 bits per heavy atom. The van der Waals surface area contributed by atoms with Crippen LogP contribution < -0.4 is 10.1 Å². The van der Waals surface area contributed by atoms with Gasteiger partial charge in [0.15, 0.2) is 0 Å². The van der Waals surface area contributed by atoms with Crippen LogP contribution >= 0.6 is 0 Å². The molecule has 94 valence electrons. The van der Waals surface area contributed by atoms with E-state index >= 15 is 0 Å². The number of nitrogens with one attached hydrogen (secondary N) is 1. The number of hydrogen-bond acceptors (Lipinski definition) is 2. The molecule has 1 aliphatic heterocycles. The topological polar surface area (TPSA) is 21.3 Å². The monoisotopic (exact) mass is 237 g/mol. The number of rotatable bonds is 1. The molecule has 0 aliphatic carbocycles. The fourth-order valence-corrected chi connectivity index (χ4v) is 2.33. The molecule has 1 aromatic rings. The van der Waals surface area contributed by atoms with Crippen LogP contribution in [0.5, 0.6) is 5.75 Å². The van der Waals surface area contributed by atoms with Crippen molar-refractivity contribution in [3.05, 3.63) is 23.5 Å². The summed E-state index contributed by atoms with van der Waals surface area (Å²) >= 11 is 0. The quantitative estimate of drug-likeness (QED) is 0.807. The van der Waals surface area contributed by atoms with Gasteiger partial charge in [-0.25, -0.2) is 4.39 Å². The lowest BCUT2D eigenvalue weighted by atomic mass is 9.75. The first kappa shape index (κ1) is 12.2. The molecule has 0 saturated carbocycles. The van der Waals surface area contributed by atoms with E-state index in [0.29, 0.717) is 11.7 Å². The first-order chi connectivity index (χ1) is 7.91. The Labute approximate surface area is 102 Å². The van der Waals surface area contributed by atoms with Crippen molar-refractivity contribution in [3.8, 4) is 5.75 Å². The van der Waals surface area contributed by atoms with E-state index in [9.17, 15) is 4.39 Å². The number of methoxy groups -OCH3 is 1. The maximum absolute atomic E-state index is 13.5. The lowest BCUT2D eigenvalue weighted by Crippen LogP contribution is -2.33. The molecule has 0 spiro atoms. The van der Waals surface area contributed by atoms with Crippen LogP contribution in [0.4, 0.5) is 10.1 Å². The van der Waals surface area contributed by atoms with Crippen molar-refractivity contribution in [2.75, 3.05) is 19.0 Å². The molecule has 0 radical (unpaired) electrons. The first-order valence-corrected chi connectivity index (χ1v) is 6.02. The van der Waals surface area contributed by atoms with Gasteiger partial charge >= 0.3 is 0 Å². The Bertz CT molecular complexity index is 423. The van der Waals surface area contributed by atoms with Gasteiger partial charge in [0.05, 0.1) is 12.8 Å². The van der Waals surface area contributed by atoms with Crippen LogP contribution in [0.15, 0.2) is 12.1 Å². The van der Waals surface area contributed by atoms with E-state index in [1.807, 2.05) is 0 Å². The molecule has 1 atom stereocenters. The predicted molar refractivity (Wildman–Crippen MR) is 68.1 cm³/mol. The van der Waals surface area contributed by atoms with Crippen LogP contribution in [-0.4, -0.2) is 13.7 Å². The first-order valence-electron chi connectivity index (χ1n) is 6.02. The van der Waals surface area contributed by atoms with Crippen molar-refractivity contribution in [1.82, 2.24) is 0 Å². The van der Waals surface area contributed by atoms with Gasteiger partial charge in [-0.2, -0.15) is 0 Å². The van der Waals surface area contributed by atoms with Crippen molar-refractivity contribution >= 4 is 5.69 Å². The molecule has 0 saturated heterocycles. The zero-order valence-electron chi connectivity index (χ0n) is 10.9. The molecular weight excluding hydrogens is 217 g/mol. The molecule has 1 heterocycles. The van der Waals surface area contributed by atoms with E-state index in [1.165, 1.54) is 6.07 Å². The smallest absolute Gasteiger partial charge is 0.145 e. The van der Waals surface area contributed by atoms with Gasteiger partial charge in [0.25, 0.3) is 0 Å². The summed E-state index contributed by atoms with van der Waals surface area (Å²) < 4.78 is 18.7. The van der Waals surface area contributed by atoms with Crippen molar-refractivity contribution in [2.45, 2.75) is 27.2 Å². The maximum Gasteiger partial charge on any atom is 0.145 e. The third-order valence-electron chi connectivity index (χ3n) is 3.58. The van der Waals surface area contributed by atoms with Crippen LogP contribution in [0.3, 0.4) is 0 Å². The van der Waals surface area contributed by atoms with Crippen LogP contribution in [0.25, 0.3) is 0 Å². The van der Waals surface area contributed by atoms with E-state index < -0.39 is 0 Å². The molecule has 0 bridgehead atoms. The number of halogens is 1. The molecule has 3 heteroatoms. The summed E-state index contributed by atoms with van der Waals surface area (Å²) in [6.45, 7) is 7.58. The third kappa shape index (κ3) is 2.38. The van der Waals surface area contributed by atoms with E-state index in [0.717, 1.165) is 24.2 Å². The summed E-state index contributed by atoms with van der Waals surface area (Å²) in [6.07, 6.45) is 0.903. The number of fused-ring (bicyclic) bond motifs is 1. The molecular formula is C14H20FNO. The number of hydrogen-bond donors (Lipinski definition) is 1. The molecule has 1 aromatic carbocycles. The third-order valence-corrected chi connectivity index (χ3v) is 3.58. The van der Waals surface area contributed by atoms with Crippen LogP contribution in [-0.2, 0) is 6.42 Å². The zero-order chi connectivity index (χ0) is 12.6. The average molecular weight is 237 g/mol. The molecule has 1 aliphatic rings. The molecule has 1 unspecified atom stereocenters. The lowest BCUT2D eigenvalue weighted by Gasteiger charge is -2.36. The summed E-state index contributed by atoms with van der Waals surface area (Å²) in [5, 5.41) is 3.37. The maximum atomic E-state index is 13.5. The molecule has 0 aromatic heterocycles. The van der Waals surface area contributed by atoms with Crippen molar-refractivity contribution in [2.24, 2.45) is 11.3 Å². The molecule has 0 amide bonds. The van der Waals surface area contributed by atoms with Gasteiger partial charge in [0.1, 0.15) is 11.6 Å². The van der Waals surface area contributed by atoms with Gasteiger partial charge in [-0.1, -0.05) is 20.8 Å². The average Bonchev–Trinajstić information content (AvgIpc) is 2.25.